The molecule has 3 N–H and O–H groups in total. The number of aliphatic imine (C=N–C) groups is 1. The Balaban J connectivity index is 1.31. The minimum absolute atomic E-state index is 0.0387. The molecule has 0 bridgehead atoms. The van der Waals surface area contributed by atoms with Gasteiger partial charge in [0.1, 0.15) is 5.69 Å². The Labute approximate surface area is 242 Å². The van der Waals surface area contributed by atoms with Gasteiger partial charge in [0.05, 0.1) is 26.5 Å². The molecular formula is C30H30BrN5O3S. The van der Waals surface area contributed by atoms with Crippen molar-refractivity contribution in [2.75, 3.05) is 18.5 Å². The molecule has 8 nitrogen and oxygen atoms in total. The van der Waals surface area contributed by atoms with E-state index in [1.54, 1.807) is 18.3 Å². The lowest BCUT2D eigenvalue weighted by Crippen LogP contribution is -2.14. The highest BCUT2D eigenvalue weighted by Crippen LogP contribution is 2.41. The number of ether oxygens (including phenoxy) is 1. The van der Waals surface area contributed by atoms with Crippen LogP contribution in [0.1, 0.15) is 47.0 Å². The Morgan fingerprint density at radius 1 is 1.07 bits per heavy atom. The molecule has 0 amide bonds. The number of hydrogen-bond donors (Lipinski definition) is 2. The second-order valence-electron chi connectivity index (χ2n) is 10.3. The van der Waals surface area contributed by atoms with Crippen molar-refractivity contribution in [3.8, 4) is 5.69 Å². The number of benzene rings is 2. The Kier molecular flexibility index (Phi) is 7.12. The van der Waals surface area contributed by atoms with Gasteiger partial charge >= 0.3 is 0 Å². The van der Waals surface area contributed by atoms with Crippen molar-refractivity contribution in [2.45, 2.75) is 43.9 Å². The van der Waals surface area contributed by atoms with Gasteiger partial charge < -0.3 is 14.6 Å². The number of hydrogen-bond acceptors (Lipinski definition) is 6. The number of rotatable bonds is 6. The zero-order valence-corrected chi connectivity index (χ0v) is 24.7. The van der Waals surface area contributed by atoms with Gasteiger partial charge in [-0.1, -0.05) is 18.2 Å². The summed E-state index contributed by atoms with van der Waals surface area (Å²) >= 11 is 3.59. The summed E-state index contributed by atoms with van der Waals surface area (Å²) in [6.45, 7) is 5.91. The number of nitrogens with zero attached hydrogens (tertiary/aromatic N) is 3. The molecule has 206 valence electrons. The zero-order valence-electron chi connectivity index (χ0n) is 22.3. The average Bonchev–Trinajstić information content (AvgIpc) is 3.51. The van der Waals surface area contributed by atoms with Crippen molar-refractivity contribution < 1.29 is 13.2 Å². The fourth-order valence-corrected chi connectivity index (χ4v) is 6.60. The van der Waals surface area contributed by atoms with E-state index in [0.717, 1.165) is 75.9 Å². The van der Waals surface area contributed by atoms with Gasteiger partial charge in [-0.15, -0.1) is 0 Å². The van der Waals surface area contributed by atoms with Crippen LogP contribution in [0.25, 0.3) is 5.69 Å². The molecule has 4 heterocycles. The summed E-state index contributed by atoms with van der Waals surface area (Å²) in [5.41, 5.74) is 9.69. The van der Waals surface area contributed by atoms with E-state index in [1.165, 1.54) is 17.7 Å². The van der Waals surface area contributed by atoms with E-state index in [-0.39, 0.29) is 4.90 Å². The average molecular weight is 621 g/mol. The Hall–Kier alpha value is -3.31. The van der Waals surface area contributed by atoms with Crippen LogP contribution in [0.5, 0.6) is 0 Å². The summed E-state index contributed by atoms with van der Waals surface area (Å²) in [4.78, 5) is 9.70. The summed E-state index contributed by atoms with van der Waals surface area (Å²) in [5.74, 6) is 0.563. The number of primary sulfonamides is 1. The molecule has 1 fully saturated rings. The summed E-state index contributed by atoms with van der Waals surface area (Å²) in [5, 5.41) is 8.65. The molecule has 2 aliphatic heterocycles. The summed E-state index contributed by atoms with van der Waals surface area (Å²) in [6, 6.07) is 17.5. The SMILES string of the molecule is Cc1cc(C2=Nc3c(ncc(Br)c3Nc3cccc(S(N)(=O)=O)c3)C2)c(C)n1-c1ccc(C2CCOCC2)cc1. The van der Waals surface area contributed by atoms with Crippen LogP contribution in [0.4, 0.5) is 17.1 Å². The minimum Gasteiger partial charge on any atom is -0.381 e. The summed E-state index contributed by atoms with van der Waals surface area (Å²) < 4.78 is 32.2. The van der Waals surface area contributed by atoms with E-state index in [9.17, 15) is 8.42 Å². The number of anilines is 2. The highest BCUT2D eigenvalue weighted by molar-refractivity contribution is 9.10. The number of nitrogens with one attached hydrogen (secondary N) is 1. The van der Waals surface area contributed by atoms with Crippen LogP contribution < -0.4 is 10.5 Å². The Morgan fingerprint density at radius 3 is 2.55 bits per heavy atom. The van der Waals surface area contributed by atoms with Crippen LogP contribution >= 0.6 is 15.9 Å². The third kappa shape index (κ3) is 5.12. The lowest BCUT2D eigenvalue weighted by molar-refractivity contribution is 0.0853. The molecule has 10 heteroatoms. The fourth-order valence-electron chi connectivity index (χ4n) is 5.65. The standard InChI is InChI=1S/C30H30BrN5O3S/c1-18-14-25(19(2)36(18)23-8-6-20(7-9-23)21-10-12-39-13-11-21)27-16-28-30(35-27)29(26(31)17-33-28)34-22-4-3-5-24(15-22)40(32,37)38/h3-9,14-15,17,21H,10-13,16H2,1-2H3,(H,33,34)(H2,32,37,38). The number of halogens is 1. The second kappa shape index (κ2) is 10.6. The number of aromatic nitrogens is 2. The largest absolute Gasteiger partial charge is 0.381 e. The van der Waals surface area contributed by atoms with Gasteiger partial charge in [0.2, 0.25) is 10.0 Å². The van der Waals surface area contributed by atoms with Gasteiger partial charge in [-0.05, 0) is 90.5 Å². The fraction of sp³-hybridized carbons (Fsp3) is 0.267. The van der Waals surface area contributed by atoms with Crippen LogP contribution in [0.15, 0.2) is 75.2 Å². The number of nitrogens with two attached hydrogens (primary N) is 1. The molecule has 0 spiro atoms. The quantitative estimate of drug-likeness (QED) is 0.266. The molecule has 0 atom stereocenters. The van der Waals surface area contributed by atoms with Crippen LogP contribution in [-0.4, -0.2) is 36.9 Å². The lowest BCUT2D eigenvalue weighted by atomic mass is 9.92. The number of fused-ring (bicyclic) bond motifs is 1. The first-order valence-electron chi connectivity index (χ1n) is 13.2. The van der Waals surface area contributed by atoms with Gasteiger partial charge in [-0.2, -0.15) is 0 Å². The monoisotopic (exact) mass is 619 g/mol. The smallest absolute Gasteiger partial charge is 0.238 e. The lowest BCUT2D eigenvalue weighted by Gasteiger charge is -2.22. The first-order valence-corrected chi connectivity index (χ1v) is 15.5. The van der Waals surface area contributed by atoms with Crippen molar-refractivity contribution in [2.24, 2.45) is 10.1 Å². The van der Waals surface area contributed by atoms with E-state index in [1.807, 2.05) is 0 Å². The molecule has 2 aromatic heterocycles. The molecule has 2 aromatic carbocycles. The van der Waals surface area contributed by atoms with Gasteiger partial charge in [-0.3, -0.25) is 4.98 Å². The van der Waals surface area contributed by atoms with Crippen molar-refractivity contribution in [3.05, 3.63) is 93.5 Å². The third-order valence-electron chi connectivity index (χ3n) is 7.68. The molecule has 2 aliphatic rings. The number of sulfonamides is 1. The van der Waals surface area contributed by atoms with Gasteiger partial charge in [0, 0.05) is 54.2 Å². The second-order valence-corrected chi connectivity index (χ2v) is 12.7. The molecule has 1 saturated heterocycles. The van der Waals surface area contributed by atoms with Gasteiger partial charge in [0.15, 0.2) is 0 Å². The van der Waals surface area contributed by atoms with Crippen LogP contribution in [0.3, 0.4) is 0 Å². The third-order valence-corrected chi connectivity index (χ3v) is 9.19. The molecule has 0 radical (unpaired) electrons. The van der Waals surface area contributed by atoms with E-state index >= 15 is 0 Å². The maximum atomic E-state index is 11.8. The molecule has 0 unspecified atom stereocenters. The normalized spacial score (nSPS) is 15.7. The predicted molar refractivity (Wildman–Crippen MR) is 161 cm³/mol. The summed E-state index contributed by atoms with van der Waals surface area (Å²) in [7, 11) is -3.82. The van der Waals surface area contributed by atoms with Crippen LogP contribution in [0.2, 0.25) is 0 Å². The maximum Gasteiger partial charge on any atom is 0.238 e. The molecule has 0 saturated carbocycles. The summed E-state index contributed by atoms with van der Waals surface area (Å²) in [6.07, 6.45) is 4.49. The van der Waals surface area contributed by atoms with Gasteiger partial charge in [0.25, 0.3) is 0 Å². The van der Waals surface area contributed by atoms with Crippen molar-refractivity contribution in [3.63, 3.8) is 0 Å². The van der Waals surface area contributed by atoms with Crippen LogP contribution in [0, 0.1) is 13.8 Å². The molecule has 4 aromatic rings. The van der Waals surface area contributed by atoms with Crippen molar-refractivity contribution >= 4 is 48.7 Å². The Bertz CT molecular complexity index is 1740. The highest BCUT2D eigenvalue weighted by Gasteiger charge is 2.26. The van der Waals surface area contributed by atoms with Crippen molar-refractivity contribution in [1.29, 1.82) is 0 Å². The van der Waals surface area contributed by atoms with Crippen molar-refractivity contribution in [1.82, 2.24) is 9.55 Å². The van der Waals surface area contributed by atoms with E-state index in [2.05, 4.69) is 75.0 Å². The first-order chi connectivity index (χ1) is 19.2. The van der Waals surface area contributed by atoms with Gasteiger partial charge in [-0.25, -0.2) is 18.5 Å². The zero-order chi connectivity index (χ0) is 28.0. The molecule has 0 aliphatic carbocycles. The Morgan fingerprint density at radius 2 is 1.82 bits per heavy atom. The molecule has 40 heavy (non-hydrogen) atoms. The van der Waals surface area contributed by atoms with E-state index in [0.29, 0.717) is 18.0 Å². The van der Waals surface area contributed by atoms with E-state index in [4.69, 9.17) is 14.9 Å². The predicted octanol–water partition coefficient (Wildman–Crippen LogP) is 6.21. The highest BCUT2D eigenvalue weighted by atomic mass is 79.9. The van der Waals surface area contributed by atoms with Crippen LogP contribution in [-0.2, 0) is 21.2 Å². The first kappa shape index (κ1) is 26.9. The number of pyridine rings is 1. The maximum absolute atomic E-state index is 11.8. The minimum atomic E-state index is -3.82. The van der Waals surface area contributed by atoms with E-state index < -0.39 is 10.0 Å². The topological polar surface area (TPSA) is 112 Å². The molecular weight excluding hydrogens is 590 g/mol. The molecule has 6 rings (SSSR count). The number of aryl methyl sites for hydroxylation is 1.